The standard InChI is InChI=1S/C16H19F2NO2/c1-11(4-3-9-20)19-10-12-7-8-15(21-12)16-13(17)5-2-6-14(16)18/h2,5-8,11,19-20H,3-4,9-10H2,1H3. The summed E-state index contributed by atoms with van der Waals surface area (Å²) in [7, 11) is 0. The predicted octanol–water partition coefficient (Wildman–Crippen LogP) is 3.48. The van der Waals surface area contributed by atoms with Gasteiger partial charge in [0.15, 0.2) is 0 Å². The number of hydrogen-bond acceptors (Lipinski definition) is 3. The van der Waals surface area contributed by atoms with Crippen molar-refractivity contribution in [1.82, 2.24) is 5.32 Å². The summed E-state index contributed by atoms with van der Waals surface area (Å²) in [5.74, 6) is -0.478. The highest BCUT2D eigenvalue weighted by Gasteiger charge is 2.14. The van der Waals surface area contributed by atoms with Crippen LogP contribution in [0.4, 0.5) is 8.78 Å². The maximum Gasteiger partial charge on any atom is 0.140 e. The van der Waals surface area contributed by atoms with Crippen LogP contribution in [0.25, 0.3) is 11.3 Å². The van der Waals surface area contributed by atoms with E-state index in [9.17, 15) is 8.78 Å². The summed E-state index contributed by atoms with van der Waals surface area (Å²) in [6.45, 7) is 2.65. The fourth-order valence-corrected chi connectivity index (χ4v) is 2.11. The second-order valence-electron chi connectivity index (χ2n) is 5.01. The maximum atomic E-state index is 13.7. The first-order chi connectivity index (χ1) is 10.1. The highest BCUT2D eigenvalue weighted by atomic mass is 19.1. The molecule has 0 aliphatic carbocycles. The van der Waals surface area contributed by atoms with E-state index in [2.05, 4.69) is 5.32 Å². The van der Waals surface area contributed by atoms with E-state index in [0.717, 1.165) is 12.8 Å². The average molecular weight is 295 g/mol. The Hall–Kier alpha value is -1.72. The predicted molar refractivity (Wildman–Crippen MR) is 76.7 cm³/mol. The van der Waals surface area contributed by atoms with Crippen LogP contribution in [0.2, 0.25) is 0 Å². The molecule has 0 aliphatic heterocycles. The van der Waals surface area contributed by atoms with Gasteiger partial charge in [0.2, 0.25) is 0 Å². The quantitative estimate of drug-likeness (QED) is 0.822. The highest BCUT2D eigenvalue weighted by molar-refractivity contribution is 5.59. The molecule has 0 aliphatic rings. The number of aliphatic hydroxyl groups is 1. The summed E-state index contributed by atoms with van der Waals surface area (Å²) in [6.07, 6.45) is 1.59. The van der Waals surface area contributed by atoms with Crippen molar-refractivity contribution in [1.29, 1.82) is 0 Å². The average Bonchev–Trinajstić information content (AvgIpc) is 2.91. The lowest BCUT2D eigenvalue weighted by Crippen LogP contribution is -2.25. The van der Waals surface area contributed by atoms with Gasteiger partial charge in [-0.2, -0.15) is 0 Å². The van der Waals surface area contributed by atoms with Crippen molar-refractivity contribution in [3.63, 3.8) is 0 Å². The van der Waals surface area contributed by atoms with Crippen LogP contribution in [0.5, 0.6) is 0 Å². The number of halogens is 2. The molecule has 0 spiro atoms. The van der Waals surface area contributed by atoms with E-state index >= 15 is 0 Å². The van der Waals surface area contributed by atoms with Crippen molar-refractivity contribution in [2.45, 2.75) is 32.4 Å². The molecule has 1 atom stereocenters. The first kappa shape index (κ1) is 15.7. The zero-order chi connectivity index (χ0) is 15.2. The van der Waals surface area contributed by atoms with Gasteiger partial charge < -0.3 is 14.8 Å². The van der Waals surface area contributed by atoms with Crippen molar-refractivity contribution >= 4 is 0 Å². The molecule has 1 aromatic carbocycles. The van der Waals surface area contributed by atoms with Gasteiger partial charge in [0.1, 0.15) is 23.2 Å². The molecule has 0 fully saturated rings. The van der Waals surface area contributed by atoms with Crippen molar-refractivity contribution in [3.05, 3.63) is 47.7 Å². The van der Waals surface area contributed by atoms with Crippen LogP contribution in [0.15, 0.2) is 34.7 Å². The molecule has 5 heteroatoms. The third kappa shape index (κ3) is 4.12. The van der Waals surface area contributed by atoms with Crippen molar-refractivity contribution in [2.75, 3.05) is 6.61 Å². The molecule has 1 unspecified atom stereocenters. The molecular formula is C16H19F2NO2. The molecule has 2 rings (SSSR count). The first-order valence-electron chi connectivity index (χ1n) is 6.99. The Kier molecular flexibility index (Phi) is 5.47. The number of furan rings is 1. The third-order valence-electron chi connectivity index (χ3n) is 3.29. The summed E-state index contributed by atoms with van der Waals surface area (Å²) in [4.78, 5) is 0. The Balaban J connectivity index is 2.02. The molecule has 2 aromatic rings. The Bertz CT molecular complexity index is 563. The molecule has 21 heavy (non-hydrogen) atoms. The summed E-state index contributed by atoms with van der Waals surface area (Å²) in [6, 6.07) is 7.23. The molecule has 1 aromatic heterocycles. The topological polar surface area (TPSA) is 45.4 Å². The lowest BCUT2D eigenvalue weighted by atomic mass is 10.1. The Morgan fingerprint density at radius 1 is 1.19 bits per heavy atom. The van der Waals surface area contributed by atoms with Gasteiger partial charge in [-0.15, -0.1) is 0 Å². The van der Waals surface area contributed by atoms with Gasteiger partial charge in [-0.1, -0.05) is 6.07 Å². The van der Waals surface area contributed by atoms with Gasteiger partial charge in [-0.05, 0) is 44.0 Å². The van der Waals surface area contributed by atoms with Crippen molar-refractivity contribution in [3.8, 4) is 11.3 Å². The van der Waals surface area contributed by atoms with E-state index in [1.165, 1.54) is 18.2 Å². The van der Waals surface area contributed by atoms with E-state index in [1.807, 2.05) is 6.92 Å². The lowest BCUT2D eigenvalue weighted by Gasteiger charge is -2.11. The maximum absolute atomic E-state index is 13.7. The van der Waals surface area contributed by atoms with Crippen LogP contribution in [-0.2, 0) is 6.54 Å². The minimum absolute atomic E-state index is 0.142. The Morgan fingerprint density at radius 3 is 2.57 bits per heavy atom. The molecule has 0 radical (unpaired) electrons. The van der Waals surface area contributed by atoms with E-state index in [1.54, 1.807) is 12.1 Å². The van der Waals surface area contributed by atoms with Crippen molar-refractivity contribution in [2.24, 2.45) is 0 Å². The number of hydrogen-bond donors (Lipinski definition) is 2. The van der Waals surface area contributed by atoms with E-state index < -0.39 is 11.6 Å². The molecule has 0 bridgehead atoms. The Morgan fingerprint density at radius 2 is 1.90 bits per heavy atom. The molecule has 3 nitrogen and oxygen atoms in total. The number of aliphatic hydroxyl groups excluding tert-OH is 1. The van der Waals surface area contributed by atoms with Gasteiger partial charge in [-0.3, -0.25) is 0 Å². The number of rotatable bonds is 7. The largest absolute Gasteiger partial charge is 0.460 e. The van der Waals surface area contributed by atoms with E-state index in [4.69, 9.17) is 9.52 Å². The summed E-state index contributed by atoms with van der Waals surface area (Å²) in [5.41, 5.74) is -0.142. The number of benzene rings is 1. The van der Waals surface area contributed by atoms with Crippen LogP contribution in [0, 0.1) is 11.6 Å². The van der Waals surface area contributed by atoms with Crippen LogP contribution in [0.3, 0.4) is 0 Å². The van der Waals surface area contributed by atoms with Crippen LogP contribution in [0.1, 0.15) is 25.5 Å². The van der Waals surface area contributed by atoms with Gasteiger partial charge in [0.05, 0.1) is 12.1 Å². The molecule has 114 valence electrons. The minimum Gasteiger partial charge on any atom is -0.460 e. The van der Waals surface area contributed by atoms with E-state index in [-0.39, 0.29) is 24.0 Å². The molecule has 2 N–H and O–H groups in total. The molecule has 0 amide bonds. The van der Waals surface area contributed by atoms with Gasteiger partial charge in [0.25, 0.3) is 0 Å². The molecular weight excluding hydrogens is 276 g/mol. The van der Waals surface area contributed by atoms with Gasteiger partial charge in [-0.25, -0.2) is 8.78 Å². The lowest BCUT2D eigenvalue weighted by molar-refractivity contribution is 0.275. The van der Waals surface area contributed by atoms with Crippen molar-refractivity contribution < 1.29 is 18.3 Å². The molecule has 0 saturated heterocycles. The molecule has 0 saturated carbocycles. The normalized spacial score (nSPS) is 12.6. The van der Waals surface area contributed by atoms with Gasteiger partial charge >= 0.3 is 0 Å². The SMILES string of the molecule is CC(CCCO)NCc1ccc(-c2c(F)cccc2F)o1. The monoisotopic (exact) mass is 295 g/mol. The zero-order valence-corrected chi connectivity index (χ0v) is 11.9. The summed E-state index contributed by atoms with van der Waals surface area (Å²) >= 11 is 0. The van der Waals surface area contributed by atoms with Gasteiger partial charge in [0, 0.05) is 12.6 Å². The first-order valence-corrected chi connectivity index (χ1v) is 6.99. The summed E-state index contributed by atoms with van der Waals surface area (Å²) in [5, 5.41) is 12.0. The second-order valence-corrected chi connectivity index (χ2v) is 5.01. The highest BCUT2D eigenvalue weighted by Crippen LogP contribution is 2.27. The fourth-order valence-electron chi connectivity index (χ4n) is 2.11. The second kappa shape index (κ2) is 7.33. The minimum atomic E-state index is -0.639. The van der Waals surface area contributed by atoms with E-state index in [0.29, 0.717) is 12.3 Å². The van der Waals surface area contributed by atoms with Crippen LogP contribution in [-0.4, -0.2) is 17.8 Å². The Labute approximate surface area is 122 Å². The molecule has 1 heterocycles. The number of nitrogens with one attached hydrogen (secondary N) is 1. The zero-order valence-electron chi connectivity index (χ0n) is 11.9. The smallest absolute Gasteiger partial charge is 0.140 e. The van der Waals surface area contributed by atoms with Crippen LogP contribution < -0.4 is 5.32 Å². The third-order valence-corrected chi connectivity index (χ3v) is 3.29. The summed E-state index contributed by atoms with van der Waals surface area (Å²) < 4.78 is 32.8. The van der Waals surface area contributed by atoms with Crippen LogP contribution >= 0.6 is 0 Å². The fraction of sp³-hybridized carbons (Fsp3) is 0.375.